The highest BCUT2D eigenvalue weighted by molar-refractivity contribution is 5.56. The minimum absolute atomic E-state index is 0.304. The lowest BCUT2D eigenvalue weighted by molar-refractivity contribution is 0.626. The van der Waals surface area contributed by atoms with Gasteiger partial charge in [-0.15, -0.1) is 0 Å². The van der Waals surface area contributed by atoms with Gasteiger partial charge < -0.3 is 11.1 Å². The van der Waals surface area contributed by atoms with Gasteiger partial charge in [0.15, 0.2) is 5.82 Å². The Morgan fingerprint density at radius 2 is 2.25 bits per heavy atom. The van der Waals surface area contributed by atoms with Crippen LogP contribution in [0.5, 0.6) is 0 Å². The fourth-order valence-electron chi connectivity index (χ4n) is 1.47. The summed E-state index contributed by atoms with van der Waals surface area (Å²) in [5, 5.41) is 7.16. The molecular weight excluding hydrogens is 207 g/mol. The highest BCUT2D eigenvalue weighted by atomic mass is 19.1. The molecule has 1 aromatic carbocycles. The van der Waals surface area contributed by atoms with E-state index >= 15 is 0 Å². The third-order valence-corrected chi connectivity index (χ3v) is 2.18. The minimum Gasteiger partial charge on any atom is -0.339 e. The van der Waals surface area contributed by atoms with Crippen LogP contribution < -0.4 is 11.1 Å². The molecule has 0 spiro atoms. The molecule has 0 bridgehead atoms. The van der Waals surface area contributed by atoms with E-state index in [4.69, 9.17) is 5.73 Å². The summed E-state index contributed by atoms with van der Waals surface area (Å²) in [5.41, 5.74) is 6.87. The Balaban J connectivity index is 2.24. The molecule has 0 atom stereocenters. The summed E-state index contributed by atoms with van der Waals surface area (Å²) < 4.78 is 14.9. The maximum absolute atomic E-state index is 13.2. The van der Waals surface area contributed by atoms with Gasteiger partial charge in [-0.3, -0.25) is 4.68 Å². The molecule has 0 amide bonds. The van der Waals surface area contributed by atoms with Gasteiger partial charge in [-0.2, -0.15) is 5.10 Å². The lowest BCUT2D eigenvalue weighted by Gasteiger charge is -2.05. The zero-order valence-corrected chi connectivity index (χ0v) is 8.94. The number of aromatic nitrogens is 2. The van der Waals surface area contributed by atoms with Crippen molar-refractivity contribution in [1.82, 2.24) is 9.78 Å². The van der Waals surface area contributed by atoms with Crippen molar-refractivity contribution in [2.75, 3.05) is 5.32 Å². The van der Waals surface area contributed by atoms with Crippen LogP contribution in [0.3, 0.4) is 0 Å². The molecule has 0 aliphatic carbocycles. The number of nitrogens with one attached hydrogen (secondary N) is 1. The Labute approximate surface area is 92.9 Å². The molecule has 0 unspecified atom stereocenters. The number of halogens is 1. The third-order valence-electron chi connectivity index (χ3n) is 2.18. The molecule has 1 heterocycles. The van der Waals surface area contributed by atoms with Gasteiger partial charge in [0, 0.05) is 31.5 Å². The largest absolute Gasteiger partial charge is 0.339 e. The van der Waals surface area contributed by atoms with Crippen LogP contribution in [0.4, 0.5) is 15.9 Å². The average molecular weight is 220 g/mol. The van der Waals surface area contributed by atoms with Crippen LogP contribution in [0.1, 0.15) is 5.56 Å². The molecule has 84 valence electrons. The third kappa shape index (κ3) is 2.38. The van der Waals surface area contributed by atoms with Gasteiger partial charge in [0.05, 0.1) is 0 Å². The summed E-state index contributed by atoms with van der Waals surface area (Å²) >= 11 is 0. The number of hydrogen-bond acceptors (Lipinski definition) is 3. The molecule has 16 heavy (non-hydrogen) atoms. The normalized spacial score (nSPS) is 10.4. The Morgan fingerprint density at radius 1 is 1.44 bits per heavy atom. The second kappa shape index (κ2) is 4.32. The van der Waals surface area contributed by atoms with Crippen molar-refractivity contribution in [2.45, 2.75) is 6.54 Å². The minimum atomic E-state index is -0.304. The molecule has 2 rings (SSSR count). The molecule has 0 saturated heterocycles. The van der Waals surface area contributed by atoms with Gasteiger partial charge in [0.2, 0.25) is 0 Å². The van der Waals surface area contributed by atoms with Crippen LogP contribution in [-0.2, 0) is 13.6 Å². The predicted molar refractivity (Wildman–Crippen MR) is 60.8 cm³/mol. The van der Waals surface area contributed by atoms with Crippen LogP contribution in [-0.4, -0.2) is 9.78 Å². The maximum Gasteiger partial charge on any atom is 0.152 e. The molecule has 1 aromatic heterocycles. The van der Waals surface area contributed by atoms with E-state index in [-0.39, 0.29) is 5.82 Å². The molecule has 3 N–H and O–H groups in total. The van der Waals surface area contributed by atoms with Gasteiger partial charge in [-0.25, -0.2) is 4.39 Å². The molecule has 0 aliphatic heterocycles. The van der Waals surface area contributed by atoms with E-state index in [0.717, 1.165) is 5.56 Å². The van der Waals surface area contributed by atoms with Crippen molar-refractivity contribution in [2.24, 2.45) is 12.8 Å². The summed E-state index contributed by atoms with van der Waals surface area (Å²) in [7, 11) is 1.82. The quantitative estimate of drug-likeness (QED) is 0.828. The van der Waals surface area contributed by atoms with Crippen molar-refractivity contribution < 1.29 is 4.39 Å². The van der Waals surface area contributed by atoms with Gasteiger partial charge >= 0.3 is 0 Å². The molecule has 0 fully saturated rings. The summed E-state index contributed by atoms with van der Waals surface area (Å²) in [5.74, 6) is 0.373. The number of rotatable bonds is 3. The number of anilines is 2. The first-order valence-electron chi connectivity index (χ1n) is 4.93. The Hall–Kier alpha value is -1.88. The first-order chi connectivity index (χ1) is 7.67. The Kier molecular flexibility index (Phi) is 2.87. The first kappa shape index (κ1) is 10.6. The molecule has 2 aromatic rings. The van der Waals surface area contributed by atoms with Crippen LogP contribution in [0.25, 0.3) is 0 Å². The number of nitrogens with zero attached hydrogens (tertiary/aromatic N) is 2. The zero-order valence-electron chi connectivity index (χ0n) is 8.94. The number of benzene rings is 1. The lowest BCUT2D eigenvalue weighted by atomic mass is 10.2. The second-order valence-corrected chi connectivity index (χ2v) is 3.55. The van der Waals surface area contributed by atoms with E-state index < -0.39 is 0 Å². The summed E-state index contributed by atoms with van der Waals surface area (Å²) in [4.78, 5) is 0. The number of aryl methyl sites for hydroxylation is 1. The van der Waals surface area contributed by atoms with E-state index in [2.05, 4.69) is 10.4 Å². The van der Waals surface area contributed by atoms with Crippen LogP contribution >= 0.6 is 0 Å². The van der Waals surface area contributed by atoms with Gasteiger partial charge in [-0.05, 0) is 23.8 Å². The van der Waals surface area contributed by atoms with E-state index in [9.17, 15) is 4.39 Å². The fourth-order valence-corrected chi connectivity index (χ4v) is 1.47. The lowest BCUT2D eigenvalue weighted by Crippen LogP contribution is -1.99. The molecule has 5 heteroatoms. The van der Waals surface area contributed by atoms with E-state index in [1.807, 2.05) is 19.3 Å². The first-order valence-corrected chi connectivity index (χ1v) is 4.93. The summed E-state index contributed by atoms with van der Waals surface area (Å²) in [6.45, 7) is 0.314. The predicted octanol–water partition coefficient (Wildman–Crippen LogP) is 1.76. The van der Waals surface area contributed by atoms with E-state index in [1.54, 1.807) is 10.7 Å². The molecular formula is C11H13FN4. The smallest absolute Gasteiger partial charge is 0.152 e. The van der Waals surface area contributed by atoms with Gasteiger partial charge in [-0.1, -0.05) is 0 Å². The fraction of sp³-hybridized carbons (Fsp3) is 0.182. The van der Waals surface area contributed by atoms with Crippen molar-refractivity contribution in [3.8, 4) is 0 Å². The number of nitrogens with two attached hydrogens (primary N) is 1. The highest BCUT2D eigenvalue weighted by Crippen LogP contribution is 2.17. The summed E-state index contributed by atoms with van der Waals surface area (Å²) in [6.07, 6.45) is 1.81. The highest BCUT2D eigenvalue weighted by Gasteiger charge is 2.01. The van der Waals surface area contributed by atoms with E-state index in [0.29, 0.717) is 18.1 Å². The summed E-state index contributed by atoms with van der Waals surface area (Å²) in [6, 6.07) is 6.45. The van der Waals surface area contributed by atoms with Gasteiger partial charge in [0.25, 0.3) is 0 Å². The Morgan fingerprint density at radius 3 is 2.88 bits per heavy atom. The zero-order chi connectivity index (χ0) is 11.5. The van der Waals surface area contributed by atoms with Crippen LogP contribution in [0.2, 0.25) is 0 Å². The SMILES string of the molecule is Cn1ccc(Nc2cc(F)cc(CN)c2)n1. The number of hydrogen-bond donors (Lipinski definition) is 2. The molecule has 4 nitrogen and oxygen atoms in total. The van der Waals surface area contributed by atoms with Gasteiger partial charge in [0.1, 0.15) is 5.82 Å². The van der Waals surface area contributed by atoms with Crippen LogP contribution in [0.15, 0.2) is 30.5 Å². The molecule has 0 saturated carbocycles. The Bertz CT molecular complexity index is 492. The van der Waals surface area contributed by atoms with Crippen molar-refractivity contribution >= 4 is 11.5 Å². The maximum atomic E-state index is 13.2. The van der Waals surface area contributed by atoms with E-state index in [1.165, 1.54) is 12.1 Å². The van der Waals surface area contributed by atoms with Crippen molar-refractivity contribution in [3.05, 3.63) is 41.8 Å². The molecule has 0 aliphatic rings. The van der Waals surface area contributed by atoms with Crippen LogP contribution in [0, 0.1) is 5.82 Å². The average Bonchev–Trinajstić information content (AvgIpc) is 2.63. The monoisotopic (exact) mass is 220 g/mol. The second-order valence-electron chi connectivity index (χ2n) is 3.55. The van der Waals surface area contributed by atoms with Crippen molar-refractivity contribution in [3.63, 3.8) is 0 Å². The molecule has 0 radical (unpaired) electrons. The standard InChI is InChI=1S/C11H13FN4/c1-16-3-2-11(15-16)14-10-5-8(7-13)4-9(12)6-10/h2-6H,7,13H2,1H3,(H,14,15). The van der Waals surface area contributed by atoms with Crippen molar-refractivity contribution in [1.29, 1.82) is 0 Å². The topological polar surface area (TPSA) is 55.9 Å².